The number of hydrogen-bond acceptors (Lipinski definition) is 1. The van der Waals surface area contributed by atoms with E-state index in [1.807, 2.05) is 11.8 Å². The minimum atomic E-state index is -0.720. The number of benzene rings is 5. The van der Waals surface area contributed by atoms with Crippen LogP contribution in [-0.4, -0.2) is 0 Å². The summed E-state index contributed by atoms with van der Waals surface area (Å²) in [6, 6.07) is 46.4. The van der Waals surface area contributed by atoms with Crippen molar-refractivity contribution in [2.45, 2.75) is 24.5 Å². The van der Waals surface area contributed by atoms with Crippen LogP contribution in [0.5, 0.6) is 0 Å². The van der Waals surface area contributed by atoms with Gasteiger partial charge in [0, 0.05) is 10.6 Å². The highest BCUT2D eigenvalue weighted by Crippen LogP contribution is 2.39. The first-order valence-electron chi connectivity index (χ1n) is 12.0. The van der Waals surface area contributed by atoms with Gasteiger partial charge in [0.05, 0.1) is 0 Å². The molecule has 0 heterocycles. The molecule has 0 aliphatic carbocycles. The van der Waals surface area contributed by atoms with E-state index in [-0.39, 0.29) is 0 Å². The van der Waals surface area contributed by atoms with Crippen LogP contribution >= 0.6 is 19.7 Å². The molecule has 0 spiro atoms. The number of rotatable bonds is 7. The molecule has 0 amide bonds. The monoisotopic (exact) mass is 488 g/mol. The largest absolute Gasteiger partial charge is 0.121 e. The van der Waals surface area contributed by atoms with E-state index in [1.54, 1.807) is 0 Å². The molecule has 0 nitrogen and oxygen atoms in total. The van der Waals surface area contributed by atoms with E-state index >= 15 is 0 Å². The van der Waals surface area contributed by atoms with Gasteiger partial charge < -0.3 is 0 Å². The summed E-state index contributed by atoms with van der Waals surface area (Å²) in [5.41, 5.74) is 6.71. The predicted octanol–water partition coefficient (Wildman–Crippen LogP) is 8.02. The fourth-order valence-corrected chi connectivity index (χ4v) is 8.43. The minimum absolute atomic E-state index is 0.720. The molecule has 0 bridgehead atoms. The van der Waals surface area contributed by atoms with E-state index < -0.39 is 7.92 Å². The third-order valence-corrected chi connectivity index (χ3v) is 10.2. The van der Waals surface area contributed by atoms with Gasteiger partial charge >= 0.3 is 0 Å². The van der Waals surface area contributed by atoms with Crippen LogP contribution in [0.15, 0.2) is 132 Å². The van der Waals surface area contributed by atoms with Crippen LogP contribution in [-0.2, 0) is 5.75 Å². The zero-order valence-electron chi connectivity index (χ0n) is 20.2. The van der Waals surface area contributed by atoms with Crippen molar-refractivity contribution in [3.8, 4) is 11.1 Å². The second-order valence-electron chi connectivity index (χ2n) is 8.69. The highest BCUT2D eigenvalue weighted by atomic mass is 32.2. The predicted molar refractivity (Wildman–Crippen MR) is 156 cm³/mol. The van der Waals surface area contributed by atoms with Gasteiger partial charge in [0.15, 0.2) is 0 Å². The summed E-state index contributed by atoms with van der Waals surface area (Å²) >= 11 is 1.96. The minimum Gasteiger partial charge on any atom is -0.121 e. The van der Waals surface area contributed by atoms with Crippen molar-refractivity contribution in [3.63, 3.8) is 0 Å². The van der Waals surface area contributed by atoms with Crippen molar-refractivity contribution in [1.29, 1.82) is 0 Å². The van der Waals surface area contributed by atoms with Crippen LogP contribution in [0.1, 0.15) is 16.7 Å². The van der Waals surface area contributed by atoms with Crippen molar-refractivity contribution in [3.05, 3.63) is 144 Å². The van der Waals surface area contributed by atoms with Crippen LogP contribution in [0, 0.1) is 13.8 Å². The quantitative estimate of drug-likeness (QED) is 0.165. The molecule has 35 heavy (non-hydrogen) atoms. The van der Waals surface area contributed by atoms with Gasteiger partial charge in [-0.3, -0.25) is 0 Å². The number of aryl methyl sites for hydroxylation is 2. The first-order chi connectivity index (χ1) is 17.2. The SMILES string of the molecule is Cc1cccc(C)c1SCc1ccccc1P(c1ccccc1)c1ccccc1-c1ccccc1. The molecular formula is C33H29PS. The van der Waals surface area contributed by atoms with Crippen LogP contribution < -0.4 is 15.9 Å². The topological polar surface area (TPSA) is 0 Å². The van der Waals surface area contributed by atoms with E-state index in [1.165, 1.54) is 48.6 Å². The molecule has 0 aliphatic heterocycles. The second kappa shape index (κ2) is 11.1. The molecule has 1 atom stereocenters. The Balaban J connectivity index is 1.62. The summed E-state index contributed by atoms with van der Waals surface area (Å²) in [7, 11) is -0.720. The Morgan fingerprint density at radius 2 is 1.11 bits per heavy atom. The standard InChI is InChI=1S/C33H29PS/c1-25-14-13-15-26(2)33(25)35-24-28-18-9-11-22-31(28)34(29-19-7-4-8-20-29)32-23-12-10-21-30(32)27-16-5-3-6-17-27/h3-23H,24H2,1-2H3. The molecule has 5 rings (SSSR count). The average molecular weight is 489 g/mol. The zero-order chi connectivity index (χ0) is 24.0. The lowest BCUT2D eigenvalue weighted by Crippen LogP contribution is -2.24. The lowest BCUT2D eigenvalue weighted by molar-refractivity contribution is 1.21. The molecule has 0 aliphatic rings. The first-order valence-corrected chi connectivity index (χ1v) is 14.3. The Hall–Kier alpha value is -3.12. The molecule has 0 aromatic heterocycles. The van der Waals surface area contributed by atoms with E-state index in [2.05, 4.69) is 141 Å². The second-order valence-corrected chi connectivity index (χ2v) is 11.8. The molecule has 5 aromatic rings. The van der Waals surface area contributed by atoms with Gasteiger partial charge in [0.25, 0.3) is 0 Å². The molecule has 172 valence electrons. The van der Waals surface area contributed by atoms with E-state index in [0.29, 0.717) is 0 Å². The van der Waals surface area contributed by atoms with E-state index in [4.69, 9.17) is 0 Å². The Bertz CT molecular complexity index is 1390. The summed E-state index contributed by atoms with van der Waals surface area (Å²) in [6.07, 6.45) is 0. The summed E-state index contributed by atoms with van der Waals surface area (Å²) in [6.45, 7) is 4.43. The van der Waals surface area contributed by atoms with Crippen molar-refractivity contribution in [2.75, 3.05) is 0 Å². The lowest BCUT2D eigenvalue weighted by atomic mass is 10.1. The molecule has 2 heteroatoms. The number of hydrogen-bond donors (Lipinski definition) is 0. The maximum Gasteiger partial charge on any atom is 0.0238 e. The van der Waals surface area contributed by atoms with Crippen LogP contribution in [0.4, 0.5) is 0 Å². The van der Waals surface area contributed by atoms with Gasteiger partial charge in [-0.15, -0.1) is 11.8 Å². The molecule has 0 saturated heterocycles. The fraction of sp³-hybridized carbons (Fsp3) is 0.0909. The van der Waals surface area contributed by atoms with Crippen molar-refractivity contribution in [1.82, 2.24) is 0 Å². The van der Waals surface area contributed by atoms with Gasteiger partial charge in [-0.2, -0.15) is 0 Å². The highest BCUT2D eigenvalue weighted by Gasteiger charge is 2.22. The Morgan fingerprint density at radius 3 is 1.83 bits per heavy atom. The van der Waals surface area contributed by atoms with Gasteiger partial charge in [-0.05, 0) is 65.5 Å². The summed E-state index contributed by atoms with van der Waals surface area (Å²) in [5.74, 6) is 0.959. The van der Waals surface area contributed by atoms with Crippen molar-refractivity contribution >= 4 is 35.6 Å². The normalized spacial score (nSPS) is 11.8. The van der Waals surface area contributed by atoms with E-state index in [9.17, 15) is 0 Å². The van der Waals surface area contributed by atoms with Crippen LogP contribution in [0.2, 0.25) is 0 Å². The summed E-state index contributed by atoms with van der Waals surface area (Å²) in [4.78, 5) is 1.40. The van der Waals surface area contributed by atoms with Gasteiger partial charge in [-0.1, -0.05) is 127 Å². The van der Waals surface area contributed by atoms with Crippen molar-refractivity contribution < 1.29 is 0 Å². The smallest absolute Gasteiger partial charge is 0.0238 e. The van der Waals surface area contributed by atoms with Crippen LogP contribution in [0.3, 0.4) is 0 Å². The van der Waals surface area contributed by atoms with Crippen molar-refractivity contribution in [2.24, 2.45) is 0 Å². The fourth-order valence-electron chi connectivity index (χ4n) is 4.54. The summed E-state index contributed by atoms with van der Waals surface area (Å²) in [5, 5.41) is 4.23. The third kappa shape index (κ3) is 5.27. The third-order valence-electron chi connectivity index (χ3n) is 6.26. The average Bonchev–Trinajstić information content (AvgIpc) is 2.91. The first kappa shape index (κ1) is 23.6. The van der Waals surface area contributed by atoms with Gasteiger partial charge in [0.1, 0.15) is 0 Å². The maximum atomic E-state index is 2.35. The molecule has 0 radical (unpaired) electrons. The van der Waals surface area contributed by atoms with E-state index in [0.717, 1.165) is 5.75 Å². The molecule has 1 unspecified atom stereocenters. The highest BCUT2D eigenvalue weighted by molar-refractivity contribution is 7.98. The molecule has 0 saturated carbocycles. The summed E-state index contributed by atoms with van der Waals surface area (Å²) < 4.78 is 0. The Morgan fingerprint density at radius 1 is 0.543 bits per heavy atom. The van der Waals surface area contributed by atoms with Gasteiger partial charge in [0.2, 0.25) is 0 Å². The Labute approximate surface area is 214 Å². The molecular weight excluding hydrogens is 459 g/mol. The molecule has 0 N–H and O–H groups in total. The zero-order valence-corrected chi connectivity index (χ0v) is 21.9. The number of thioether (sulfide) groups is 1. The molecule has 0 fully saturated rings. The van der Waals surface area contributed by atoms with Crippen LogP contribution in [0.25, 0.3) is 11.1 Å². The van der Waals surface area contributed by atoms with Gasteiger partial charge in [-0.25, -0.2) is 0 Å². The lowest BCUT2D eigenvalue weighted by Gasteiger charge is -2.25. The maximum absolute atomic E-state index is 2.35. The Kier molecular flexibility index (Phi) is 7.48. The molecule has 5 aromatic carbocycles.